The first-order chi connectivity index (χ1) is 15.2. The first kappa shape index (κ1) is 21.3. The molecule has 0 amide bonds. The molecule has 164 valence electrons. The topological polar surface area (TPSA) is 106 Å². The minimum absolute atomic E-state index is 0.577. The molecule has 5 N–H and O–H groups in total. The smallest absolute Gasteiger partial charge is 0.0878 e. The lowest BCUT2D eigenvalue weighted by Crippen LogP contribution is -2.43. The Morgan fingerprint density at radius 2 is 2.00 bits per heavy atom. The predicted molar refractivity (Wildman–Crippen MR) is 130 cm³/mol. The number of hydrogen-bond acceptors (Lipinski definition) is 6. The number of hydrogen-bond donors (Lipinski definition) is 4. The van der Waals surface area contributed by atoms with E-state index in [2.05, 4.69) is 44.7 Å². The van der Waals surface area contributed by atoms with Crippen molar-refractivity contribution in [1.82, 2.24) is 15.5 Å². The summed E-state index contributed by atoms with van der Waals surface area (Å²) < 4.78 is 0. The van der Waals surface area contributed by atoms with Gasteiger partial charge in [0.2, 0.25) is 0 Å². The molecule has 1 saturated carbocycles. The molecule has 0 spiro atoms. The van der Waals surface area contributed by atoms with E-state index in [0.717, 1.165) is 54.2 Å². The van der Waals surface area contributed by atoms with Crippen molar-refractivity contribution >= 4 is 34.2 Å². The molecule has 1 aromatic carbocycles. The van der Waals surface area contributed by atoms with Crippen molar-refractivity contribution in [3.63, 3.8) is 0 Å². The molecule has 2 heterocycles. The van der Waals surface area contributed by atoms with Gasteiger partial charge >= 0.3 is 0 Å². The Bertz CT molecular complexity index is 998. The number of rotatable bonds is 6. The molecule has 1 aliphatic carbocycles. The normalized spacial score (nSPS) is 19.8. The van der Waals surface area contributed by atoms with Crippen molar-refractivity contribution in [2.24, 2.45) is 16.6 Å². The van der Waals surface area contributed by atoms with Gasteiger partial charge in [0.1, 0.15) is 0 Å². The molecular weight excluding hydrogens is 386 g/mol. The number of aromatic nitrogens is 2. The molecule has 1 aromatic heterocycles. The Balaban J connectivity index is 1.78. The lowest BCUT2D eigenvalue weighted by Gasteiger charge is -2.30. The zero-order valence-electron chi connectivity index (χ0n) is 18.3. The maximum absolute atomic E-state index is 7.95. The van der Waals surface area contributed by atoms with Crippen molar-refractivity contribution < 1.29 is 0 Å². The van der Waals surface area contributed by atoms with Crippen molar-refractivity contribution in [1.29, 1.82) is 5.41 Å². The van der Waals surface area contributed by atoms with E-state index in [4.69, 9.17) is 16.1 Å². The average molecular weight is 420 g/mol. The van der Waals surface area contributed by atoms with Crippen LogP contribution in [0, 0.1) is 11.3 Å². The molecule has 31 heavy (non-hydrogen) atoms. The highest BCUT2D eigenvalue weighted by Gasteiger charge is 2.17. The number of anilines is 1. The number of nitrogens with zero attached hydrogens (tertiary/aromatic N) is 3. The van der Waals surface area contributed by atoms with E-state index >= 15 is 0 Å². The molecule has 2 aromatic rings. The highest BCUT2D eigenvalue weighted by atomic mass is 15.2. The van der Waals surface area contributed by atoms with Gasteiger partial charge in [-0.25, -0.2) is 4.99 Å². The van der Waals surface area contributed by atoms with Crippen molar-refractivity contribution in [3.05, 3.63) is 41.8 Å². The summed E-state index contributed by atoms with van der Waals surface area (Å²) in [5, 5.41) is 19.7. The maximum Gasteiger partial charge on any atom is 0.0878 e. The standard InChI is InChI=1S/C24H33N7/c1-17(26)20(15-25)21(8-7-18-5-3-2-4-6-18)29-23-13-19-16-28-30-22(19)14-24(23)31-11-9-27-10-12-31/h7-8,13-16,18,25,27H,2-6,9-12,26H2,1H3,(H,28,30)/b8-7+,20-17?,25-15?,29-21?. The maximum atomic E-state index is 7.95. The molecule has 0 bridgehead atoms. The number of benzene rings is 1. The van der Waals surface area contributed by atoms with Gasteiger partial charge in [0.15, 0.2) is 0 Å². The lowest BCUT2D eigenvalue weighted by molar-refractivity contribution is 0.419. The van der Waals surface area contributed by atoms with Gasteiger partial charge in [-0.15, -0.1) is 0 Å². The van der Waals surface area contributed by atoms with Crippen LogP contribution in [0.15, 0.2) is 46.7 Å². The second-order valence-electron chi connectivity index (χ2n) is 8.53. The zero-order valence-corrected chi connectivity index (χ0v) is 18.3. The average Bonchev–Trinajstić information content (AvgIpc) is 3.26. The summed E-state index contributed by atoms with van der Waals surface area (Å²) in [5.41, 5.74) is 11.2. The Hall–Kier alpha value is -2.93. The summed E-state index contributed by atoms with van der Waals surface area (Å²) in [6, 6.07) is 4.22. The third kappa shape index (κ3) is 5.05. The number of aliphatic imine (C=N–C) groups is 1. The van der Waals surface area contributed by atoms with E-state index < -0.39 is 0 Å². The van der Waals surface area contributed by atoms with E-state index in [9.17, 15) is 0 Å². The highest BCUT2D eigenvalue weighted by Crippen LogP contribution is 2.34. The Morgan fingerprint density at radius 1 is 1.23 bits per heavy atom. The summed E-state index contributed by atoms with van der Waals surface area (Å²) in [4.78, 5) is 7.44. The van der Waals surface area contributed by atoms with Crippen LogP contribution < -0.4 is 16.0 Å². The van der Waals surface area contributed by atoms with Crippen LogP contribution >= 0.6 is 0 Å². The predicted octanol–water partition coefficient (Wildman–Crippen LogP) is 4.06. The summed E-state index contributed by atoms with van der Waals surface area (Å²) in [6.45, 7) is 5.59. The zero-order chi connectivity index (χ0) is 21.6. The summed E-state index contributed by atoms with van der Waals surface area (Å²) in [7, 11) is 0. The third-order valence-electron chi connectivity index (χ3n) is 6.26. The van der Waals surface area contributed by atoms with Crippen LogP contribution in [0.1, 0.15) is 39.0 Å². The van der Waals surface area contributed by atoms with Gasteiger partial charge in [-0.05, 0) is 43.9 Å². The Labute approximate surface area is 184 Å². The number of piperazine rings is 1. The summed E-state index contributed by atoms with van der Waals surface area (Å²) in [6.07, 6.45) is 13.8. The van der Waals surface area contributed by atoms with Gasteiger partial charge in [0, 0.05) is 49.0 Å². The minimum Gasteiger partial charge on any atom is -0.402 e. The van der Waals surface area contributed by atoms with Crippen molar-refractivity contribution in [3.8, 4) is 0 Å². The first-order valence-corrected chi connectivity index (χ1v) is 11.3. The quantitative estimate of drug-likeness (QED) is 0.530. The third-order valence-corrected chi connectivity index (χ3v) is 6.26. The molecule has 7 heteroatoms. The van der Waals surface area contributed by atoms with Gasteiger partial charge in [-0.1, -0.05) is 25.3 Å². The molecule has 0 radical (unpaired) electrons. The van der Waals surface area contributed by atoms with Gasteiger partial charge in [0.05, 0.1) is 28.8 Å². The number of nitrogens with two attached hydrogens (primary N) is 1. The highest BCUT2D eigenvalue weighted by molar-refractivity contribution is 6.22. The largest absolute Gasteiger partial charge is 0.402 e. The van der Waals surface area contributed by atoms with Crippen molar-refractivity contribution in [2.45, 2.75) is 39.0 Å². The van der Waals surface area contributed by atoms with E-state index in [1.165, 1.54) is 38.3 Å². The minimum atomic E-state index is 0.577. The van der Waals surface area contributed by atoms with E-state index in [-0.39, 0.29) is 0 Å². The van der Waals surface area contributed by atoms with E-state index in [1.807, 2.05) is 13.1 Å². The van der Waals surface area contributed by atoms with E-state index in [1.54, 1.807) is 0 Å². The molecule has 0 unspecified atom stereocenters. The number of aromatic amines is 1. The van der Waals surface area contributed by atoms with Crippen molar-refractivity contribution in [2.75, 3.05) is 31.1 Å². The summed E-state index contributed by atoms with van der Waals surface area (Å²) >= 11 is 0. The molecule has 0 atom stereocenters. The molecule has 1 aliphatic heterocycles. The van der Waals surface area contributed by atoms with Gasteiger partial charge in [-0.3, -0.25) is 5.10 Å². The fourth-order valence-corrected chi connectivity index (χ4v) is 4.48. The molecular formula is C24H33N7. The molecule has 2 fully saturated rings. The van der Waals surface area contributed by atoms with Gasteiger partial charge in [-0.2, -0.15) is 5.10 Å². The number of nitrogens with one attached hydrogen (secondary N) is 3. The number of allylic oxidation sites excluding steroid dienone is 4. The van der Waals surface area contributed by atoms with Gasteiger partial charge in [0.25, 0.3) is 0 Å². The molecule has 2 aliphatic rings. The monoisotopic (exact) mass is 419 g/mol. The van der Waals surface area contributed by atoms with Crippen LogP contribution in [0.2, 0.25) is 0 Å². The van der Waals surface area contributed by atoms with Crippen LogP contribution in [-0.2, 0) is 0 Å². The SMILES string of the molecule is CC(N)=C(C=N)C(/C=C/C1CCCCC1)=Nc1cc2cn[nH]c2cc1N1CCNCC1. The Kier molecular flexibility index (Phi) is 6.82. The first-order valence-electron chi connectivity index (χ1n) is 11.3. The lowest BCUT2D eigenvalue weighted by atomic mass is 9.88. The Morgan fingerprint density at radius 3 is 2.71 bits per heavy atom. The van der Waals surface area contributed by atoms with Crippen LogP contribution in [0.4, 0.5) is 11.4 Å². The fourth-order valence-electron chi connectivity index (χ4n) is 4.48. The second-order valence-corrected chi connectivity index (χ2v) is 8.53. The van der Waals surface area contributed by atoms with Crippen LogP contribution in [-0.4, -0.2) is 48.3 Å². The molecule has 4 rings (SSSR count). The number of H-pyrrole nitrogens is 1. The molecule has 7 nitrogen and oxygen atoms in total. The second kappa shape index (κ2) is 9.92. The van der Waals surface area contributed by atoms with Crippen LogP contribution in [0.5, 0.6) is 0 Å². The van der Waals surface area contributed by atoms with Crippen LogP contribution in [0.3, 0.4) is 0 Å². The van der Waals surface area contributed by atoms with Crippen LogP contribution in [0.25, 0.3) is 10.9 Å². The molecule has 1 saturated heterocycles. The summed E-state index contributed by atoms with van der Waals surface area (Å²) in [5.74, 6) is 0.577. The number of fused-ring (bicyclic) bond motifs is 1. The van der Waals surface area contributed by atoms with Gasteiger partial charge < -0.3 is 21.4 Å². The fraction of sp³-hybridized carbons (Fsp3) is 0.458. The van der Waals surface area contributed by atoms with E-state index in [0.29, 0.717) is 17.2 Å².